The van der Waals surface area contributed by atoms with Gasteiger partial charge in [-0.1, -0.05) is 6.92 Å². The van der Waals surface area contributed by atoms with Crippen molar-refractivity contribution in [2.24, 2.45) is 13.0 Å². The average molecular weight is 346 g/mol. The van der Waals surface area contributed by atoms with E-state index < -0.39 is 5.76 Å². The van der Waals surface area contributed by atoms with Crippen LogP contribution in [0.3, 0.4) is 0 Å². The standard InChI is InChI=1S/C18H26N4O3/c1-13-6-10-22(11-7-13)9-3-8-19-17(23)20-14-4-5-16-15(12-14)21(2)18(24)25-16/h4-5,12-13H,3,6-11H2,1-2H3,(H2,19,20,23). The Labute approximate surface area is 147 Å². The normalized spacial score (nSPS) is 16.2. The van der Waals surface area contributed by atoms with E-state index in [-0.39, 0.29) is 6.03 Å². The molecule has 1 fully saturated rings. The second-order valence-corrected chi connectivity index (χ2v) is 6.87. The van der Waals surface area contributed by atoms with Gasteiger partial charge in [0.25, 0.3) is 0 Å². The molecule has 1 aliphatic heterocycles. The molecule has 0 radical (unpaired) electrons. The summed E-state index contributed by atoms with van der Waals surface area (Å²) >= 11 is 0. The lowest BCUT2D eigenvalue weighted by molar-refractivity contribution is 0.190. The smallest absolute Gasteiger partial charge is 0.408 e. The second-order valence-electron chi connectivity index (χ2n) is 6.87. The molecule has 2 aromatic rings. The van der Waals surface area contributed by atoms with Crippen LogP contribution in [0.2, 0.25) is 0 Å². The molecule has 1 saturated heterocycles. The van der Waals surface area contributed by atoms with Crippen molar-refractivity contribution in [2.45, 2.75) is 26.2 Å². The first-order valence-corrected chi connectivity index (χ1v) is 8.90. The Morgan fingerprint density at radius 3 is 2.84 bits per heavy atom. The fourth-order valence-corrected chi connectivity index (χ4v) is 3.17. The number of benzene rings is 1. The minimum Gasteiger partial charge on any atom is -0.408 e. The third-order valence-electron chi connectivity index (χ3n) is 4.86. The van der Waals surface area contributed by atoms with E-state index in [1.54, 1.807) is 25.2 Å². The quantitative estimate of drug-likeness (QED) is 0.815. The lowest BCUT2D eigenvalue weighted by Crippen LogP contribution is -2.36. The first-order valence-electron chi connectivity index (χ1n) is 8.90. The number of carbonyl (C=O) groups is 1. The molecule has 1 aromatic heterocycles. The number of piperidine rings is 1. The Bertz CT molecular complexity index is 787. The Morgan fingerprint density at radius 1 is 1.32 bits per heavy atom. The minimum absolute atomic E-state index is 0.236. The lowest BCUT2D eigenvalue weighted by atomic mass is 9.99. The highest BCUT2D eigenvalue weighted by Crippen LogP contribution is 2.18. The molecule has 1 aromatic carbocycles. The van der Waals surface area contributed by atoms with Gasteiger partial charge >= 0.3 is 11.8 Å². The van der Waals surface area contributed by atoms with Crippen LogP contribution in [0, 0.1) is 5.92 Å². The van der Waals surface area contributed by atoms with Crippen LogP contribution in [-0.2, 0) is 7.05 Å². The summed E-state index contributed by atoms with van der Waals surface area (Å²) in [7, 11) is 1.64. The Morgan fingerprint density at radius 2 is 2.08 bits per heavy atom. The van der Waals surface area contributed by atoms with Crippen molar-refractivity contribution in [3.63, 3.8) is 0 Å². The van der Waals surface area contributed by atoms with Crippen molar-refractivity contribution in [1.82, 2.24) is 14.8 Å². The van der Waals surface area contributed by atoms with Crippen LogP contribution in [0.25, 0.3) is 11.1 Å². The molecule has 136 valence electrons. The number of urea groups is 1. The van der Waals surface area contributed by atoms with Gasteiger partial charge in [-0.15, -0.1) is 0 Å². The number of aryl methyl sites for hydroxylation is 1. The maximum absolute atomic E-state index is 12.0. The Hall–Kier alpha value is -2.28. The molecule has 2 amide bonds. The highest BCUT2D eigenvalue weighted by molar-refractivity contribution is 5.91. The number of likely N-dealkylation sites (tertiary alicyclic amines) is 1. The Kier molecular flexibility index (Phi) is 5.43. The van der Waals surface area contributed by atoms with E-state index in [4.69, 9.17) is 4.42 Å². The molecule has 0 spiro atoms. The molecular weight excluding hydrogens is 320 g/mol. The summed E-state index contributed by atoms with van der Waals surface area (Å²) in [6.07, 6.45) is 3.48. The van der Waals surface area contributed by atoms with Crippen LogP contribution in [-0.4, -0.2) is 41.7 Å². The molecule has 0 aliphatic carbocycles. The van der Waals surface area contributed by atoms with E-state index >= 15 is 0 Å². The van der Waals surface area contributed by atoms with Crippen LogP contribution >= 0.6 is 0 Å². The molecule has 2 N–H and O–H groups in total. The minimum atomic E-state index is -0.413. The van der Waals surface area contributed by atoms with Crippen molar-refractivity contribution in [1.29, 1.82) is 0 Å². The van der Waals surface area contributed by atoms with Crippen LogP contribution in [0.5, 0.6) is 0 Å². The predicted octanol–water partition coefficient (Wildman–Crippen LogP) is 2.38. The molecule has 2 heterocycles. The average Bonchev–Trinajstić information content (AvgIpc) is 2.88. The van der Waals surface area contributed by atoms with Gasteiger partial charge < -0.3 is 20.0 Å². The summed E-state index contributed by atoms with van der Waals surface area (Å²) < 4.78 is 6.49. The number of hydrogen-bond donors (Lipinski definition) is 2. The molecule has 3 rings (SSSR count). The van der Waals surface area contributed by atoms with Crippen molar-refractivity contribution in [2.75, 3.05) is 31.5 Å². The van der Waals surface area contributed by atoms with E-state index in [0.717, 1.165) is 32.0 Å². The Balaban J connectivity index is 1.43. The number of rotatable bonds is 5. The molecule has 0 atom stereocenters. The maximum Gasteiger partial charge on any atom is 0.419 e. The van der Waals surface area contributed by atoms with Gasteiger partial charge in [0.05, 0.1) is 5.52 Å². The van der Waals surface area contributed by atoms with E-state index in [2.05, 4.69) is 22.5 Å². The first-order chi connectivity index (χ1) is 12.0. The van der Waals surface area contributed by atoms with E-state index in [1.807, 2.05) is 0 Å². The molecule has 7 heteroatoms. The third kappa shape index (κ3) is 4.42. The van der Waals surface area contributed by atoms with Gasteiger partial charge in [0.2, 0.25) is 0 Å². The number of nitrogens with one attached hydrogen (secondary N) is 2. The summed E-state index contributed by atoms with van der Waals surface area (Å²) in [4.78, 5) is 26.0. The monoisotopic (exact) mass is 346 g/mol. The first kappa shape index (κ1) is 17.5. The number of amides is 2. The van der Waals surface area contributed by atoms with E-state index in [0.29, 0.717) is 23.3 Å². The zero-order valence-corrected chi connectivity index (χ0v) is 14.9. The van der Waals surface area contributed by atoms with Crippen LogP contribution in [0.1, 0.15) is 26.2 Å². The molecule has 1 aliphatic rings. The van der Waals surface area contributed by atoms with Gasteiger partial charge in [0.15, 0.2) is 5.58 Å². The lowest BCUT2D eigenvalue weighted by Gasteiger charge is -2.30. The fourth-order valence-electron chi connectivity index (χ4n) is 3.17. The highest BCUT2D eigenvalue weighted by atomic mass is 16.4. The summed E-state index contributed by atoms with van der Waals surface area (Å²) in [5, 5.41) is 5.67. The highest BCUT2D eigenvalue weighted by Gasteiger charge is 2.15. The summed E-state index contributed by atoms with van der Waals surface area (Å²) in [5.74, 6) is 0.427. The molecular formula is C18H26N4O3. The predicted molar refractivity (Wildman–Crippen MR) is 97.9 cm³/mol. The van der Waals surface area contributed by atoms with Crippen molar-refractivity contribution in [3.05, 3.63) is 28.7 Å². The van der Waals surface area contributed by atoms with Gasteiger partial charge in [-0.3, -0.25) is 4.57 Å². The van der Waals surface area contributed by atoms with Gasteiger partial charge in [0, 0.05) is 19.3 Å². The largest absolute Gasteiger partial charge is 0.419 e. The number of aromatic nitrogens is 1. The number of fused-ring (bicyclic) bond motifs is 1. The SMILES string of the molecule is CC1CCN(CCCNC(=O)Nc2ccc3oc(=O)n(C)c3c2)CC1. The number of nitrogens with zero attached hydrogens (tertiary/aromatic N) is 2. The summed E-state index contributed by atoms with van der Waals surface area (Å²) in [6, 6.07) is 4.90. The number of hydrogen-bond acceptors (Lipinski definition) is 4. The molecule has 0 unspecified atom stereocenters. The van der Waals surface area contributed by atoms with Gasteiger partial charge in [-0.25, -0.2) is 9.59 Å². The van der Waals surface area contributed by atoms with Crippen LogP contribution < -0.4 is 16.4 Å². The van der Waals surface area contributed by atoms with Gasteiger partial charge in [-0.05, 0) is 63.0 Å². The van der Waals surface area contributed by atoms with Crippen molar-refractivity contribution >= 4 is 22.8 Å². The van der Waals surface area contributed by atoms with E-state index in [9.17, 15) is 9.59 Å². The topological polar surface area (TPSA) is 79.5 Å². The summed E-state index contributed by atoms with van der Waals surface area (Å²) in [5.41, 5.74) is 1.79. The third-order valence-corrected chi connectivity index (χ3v) is 4.86. The molecule has 7 nitrogen and oxygen atoms in total. The number of oxazole rings is 1. The van der Waals surface area contributed by atoms with Gasteiger partial charge in [0.1, 0.15) is 0 Å². The van der Waals surface area contributed by atoms with Crippen LogP contribution in [0.4, 0.5) is 10.5 Å². The van der Waals surface area contributed by atoms with E-state index in [1.165, 1.54) is 17.4 Å². The zero-order valence-electron chi connectivity index (χ0n) is 14.9. The number of anilines is 1. The molecule has 0 saturated carbocycles. The molecule has 25 heavy (non-hydrogen) atoms. The fraction of sp³-hybridized carbons (Fsp3) is 0.556. The molecule has 0 bridgehead atoms. The van der Waals surface area contributed by atoms with Crippen molar-refractivity contribution in [3.8, 4) is 0 Å². The van der Waals surface area contributed by atoms with Crippen molar-refractivity contribution < 1.29 is 9.21 Å². The number of carbonyl (C=O) groups excluding carboxylic acids is 1. The zero-order chi connectivity index (χ0) is 17.8. The second kappa shape index (κ2) is 7.74. The maximum atomic E-state index is 12.0. The van der Waals surface area contributed by atoms with Gasteiger partial charge in [-0.2, -0.15) is 0 Å². The van der Waals surface area contributed by atoms with Crippen LogP contribution in [0.15, 0.2) is 27.4 Å². The summed E-state index contributed by atoms with van der Waals surface area (Å²) in [6.45, 7) is 6.30.